The molecule has 0 aliphatic heterocycles. The van der Waals surface area contributed by atoms with E-state index >= 15 is 0 Å². The molecule has 36 heavy (non-hydrogen) atoms. The molecule has 0 saturated heterocycles. The number of likely N-dealkylation sites (N-methyl/N-ethyl adjacent to an activating group) is 1. The van der Waals surface area contributed by atoms with Crippen LogP contribution in [0.3, 0.4) is 0 Å². The van der Waals surface area contributed by atoms with Crippen molar-refractivity contribution in [2.75, 3.05) is 29.1 Å². The minimum Gasteiger partial charge on any atom is -0.398 e. The smallest absolute Gasteiger partial charge is 0.0459 e. The predicted molar refractivity (Wildman–Crippen MR) is 163 cm³/mol. The van der Waals surface area contributed by atoms with Crippen LogP contribution >= 0.6 is 0 Å². The van der Waals surface area contributed by atoms with Crippen molar-refractivity contribution in [3.63, 3.8) is 0 Å². The molecule has 3 heteroatoms. The summed E-state index contributed by atoms with van der Waals surface area (Å²) in [6.07, 6.45) is 15.0. The van der Waals surface area contributed by atoms with E-state index in [-0.39, 0.29) is 0 Å². The summed E-state index contributed by atoms with van der Waals surface area (Å²) in [5.74, 6) is 0.526. The molecule has 2 aromatic carbocycles. The Morgan fingerprint density at radius 3 is 2.33 bits per heavy atom. The SMILES string of the molecule is C/C=C(\c1ccc(CC)cc1N)N(C)c1ccc(N(CC)C(/C=C/C(C)C)=C/CCCCC)c(C)c1. The molecular formula is C33H49N3. The van der Waals surface area contributed by atoms with Gasteiger partial charge >= 0.3 is 0 Å². The average molecular weight is 488 g/mol. The number of hydrogen-bond acceptors (Lipinski definition) is 3. The Labute approximate surface area is 221 Å². The van der Waals surface area contributed by atoms with E-state index in [1.807, 2.05) is 0 Å². The van der Waals surface area contributed by atoms with Crippen molar-refractivity contribution in [2.45, 2.75) is 80.6 Å². The van der Waals surface area contributed by atoms with E-state index in [0.29, 0.717) is 5.92 Å². The van der Waals surface area contributed by atoms with E-state index in [1.165, 1.54) is 41.8 Å². The second kappa shape index (κ2) is 14.6. The highest BCUT2D eigenvalue weighted by Crippen LogP contribution is 2.33. The summed E-state index contributed by atoms with van der Waals surface area (Å²) in [5, 5.41) is 0. The Hall–Kier alpha value is -2.94. The van der Waals surface area contributed by atoms with Crippen LogP contribution in [-0.2, 0) is 6.42 Å². The predicted octanol–water partition coefficient (Wildman–Crippen LogP) is 9.14. The summed E-state index contributed by atoms with van der Waals surface area (Å²) in [6.45, 7) is 16.4. The third kappa shape index (κ3) is 7.78. The molecule has 0 amide bonds. The molecule has 0 spiro atoms. The van der Waals surface area contributed by atoms with Gasteiger partial charge in [-0.2, -0.15) is 0 Å². The molecule has 0 heterocycles. The Morgan fingerprint density at radius 1 is 1.03 bits per heavy atom. The van der Waals surface area contributed by atoms with Gasteiger partial charge in [0.05, 0.1) is 0 Å². The number of hydrogen-bond donors (Lipinski definition) is 1. The molecule has 3 nitrogen and oxygen atoms in total. The van der Waals surface area contributed by atoms with E-state index in [2.05, 4.69) is 126 Å². The van der Waals surface area contributed by atoms with Crippen molar-refractivity contribution in [3.05, 3.63) is 83.1 Å². The summed E-state index contributed by atoms with van der Waals surface area (Å²) >= 11 is 0. The highest BCUT2D eigenvalue weighted by Gasteiger charge is 2.16. The lowest BCUT2D eigenvalue weighted by atomic mass is 10.0. The van der Waals surface area contributed by atoms with Crippen LogP contribution in [-0.4, -0.2) is 13.6 Å². The van der Waals surface area contributed by atoms with Crippen molar-refractivity contribution < 1.29 is 0 Å². The molecule has 0 unspecified atom stereocenters. The van der Waals surface area contributed by atoms with Gasteiger partial charge in [0.15, 0.2) is 0 Å². The third-order valence-corrected chi connectivity index (χ3v) is 6.73. The van der Waals surface area contributed by atoms with Crippen molar-refractivity contribution in [1.82, 2.24) is 0 Å². The zero-order valence-electron chi connectivity index (χ0n) is 24.1. The molecule has 2 rings (SSSR count). The number of aryl methyl sites for hydroxylation is 2. The summed E-state index contributed by atoms with van der Waals surface area (Å²) in [7, 11) is 2.12. The zero-order chi connectivity index (χ0) is 26.7. The molecule has 0 radical (unpaired) electrons. The highest BCUT2D eigenvalue weighted by molar-refractivity contribution is 5.85. The number of nitrogen functional groups attached to an aromatic ring is 1. The Balaban J connectivity index is 2.39. The highest BCUT2D eigenvalue weighted by atomic mass is 15.1. The number of nitrogens with zero attached hydrogens (tertiary/aromatic N) is 2. The van der Waals surface area contributed by atoms with Gasteiger partial charge in [-0.1, -0.05) is 70.9 Å². The first-order valence-corrected chi connectivity index (χ1v) is 13.8. The fourth-order valence-corrected chi connectivity index (χ4v) is 4.58. The van der Waals surface area contributed by atoms with Crippen LogP contribution in [0, 0.1) is 12.8 Å². The van der Waals surface area contributed by atoms with E-state index < -0.39 is 0 Å². The van der Waals surface area contributed by atoms with Crippen LogP contribution in [0.25, 0.3) is 5.70 Å². The van der Waals surface area contributed by atoms with Gasteiger partial charge in [-0.05, 0) is 87.4 Å². The molecule has 2 aromatic rings. The van der Waals surface area contributed by atoms with Crippen LogP contribution in [0.1, 0.15) is 83.9 Å². The number of rotatable bonds is 13. The monoisotopic (exact) mass is 487 g/mol. The van der Waals surface area contributed by atoms with Gasteiger partial charge in [0, 0.05) is 47.6 Å². The van der Waals surface area contributed by atoms with Gasteiger partial charge in [-0.25, -0.2) is 0 Å². The minimum absolute atomic E-state index is 0.526. The van der Waals surface area contributed by atoms with E-state index in [0.717, 1.165) is 42.0 Å². The number of nitrogens with two attached hydrogens (primary N) is 1. The lowest BCUT2D eigenvalue weighted by Crippen LogP contribution is -2.22. The average Bonchev–Trinajstić information content (AvgIpc) is 2.86. The van der Waals surface area contributed by atoms with Gasteiger partial charge in [0.25, 0.3) is 0 Å². The Bertz CT molecular complexity index is 1060. The molecule has 0 aliphatic carbocycles. The third-order valence-electron chi connectivity index (χ3n) is 6.73. The maximum atomic E-state index is 6.46. The molecule has 2 N–H and O–H groups in total. The van der Waals surface area contributed by atoms with E-state index in [1.54, 1.807) is 0 Å². The first-order valence-electron chi connectivity index (χ1n) is 13.8. The lowest BCUT2D eigenvalue weighted by molar-refractivity contribution is 0.726. The maximum absolute atomic E-state index is 6.46. The molecule has 0 bridgehead atoms. The van der Waals surface area contributed by atoms with Crippen LogP contribution < -0.4 is 15.5 Å². The van der Waals surface area contributed by atoms with Gasteiger partial charge in [-0.15, -0.1) is 0 Å². The second-order valence-electron chi connectivity index (χ2n) is 9.95. The molecular weight excluding hydrogens is 438 g/mol. The molecule has 0 saturated carbocycles. The fourth-order valence-electron chi connectivity index (χ4n) is 4.58. The minimum atomic E-state index is 0.526. The lowest BCUT2D eigenvalue weighted by Gasteiger charge is -2.29. The van der Waals surface area contributed by atoms with Crippen molar-refractivity contribution in [1.29, 1.82) is 0 Å². The van der Waals surface area contributed by atoms with Crippen LogP contribution in [0.5, 0.6) is 0 Å². The summed E-state index contributed by atoms with van der Waals surface area (Å²) in [6, 6.07) is 13.2. The van der Waals surface area contributed by atoms with Crippen molar-refractivity contribution >= 4 is 22.8 Å². The normalized spacial score (nSPS) is 12.6. The largest absolute Gasteiger partial charge is 0.398 e. The van der Waals surface area contributed by atoms with Crippen LogP contribution in [0.2, 0.25) is 0 Å². The summed E-state index contributed by atoms with van der Waals surface area (Å²) in [4.78, 5) is 4.69. The van der Waals surface area contributed by atoms with Gasteiger partial charge in [-0.3, -0.25) is 0 Å². The van der Waals surface area contributed by atoms with Crippen LogP contribution in [0.15, 0.2) is 66.4 Å². The van der Waals surface area contributed by atoms with Crippen molar-refractivity contribution in [3.8, 4) is 0 Å². The molecule has 0 aromatic heterocycles. The summed E-state index contributed by atoms with van der Waals surface area (Å²) in [5.41, 5.74) is 15.7. The number of unbranched alkanes of at least 4 members (excludes halogenated alkanes) is 3. The van der Waals surface area contributed by atoms with Gasteiger partial charge in [0.2, 0.25) is 0 Å². The number of benzene rings is 2. The fraction of sp³-hybridized carbons (Fsp3) is 0.455. The van der Waals surface area contributed by atoms with Gasteiger partial charge < -0.3 is 15.5 Å². The van der Waals surface area contributed by atoms with E-state index in [9.17, 15) is 0 Å². The Kier molecular flexibility index (Phi) is 11.9. The summed E-state index contributed by atoms with van der Waals surface area (Å²) < 4.78 is 0. The van der Waals surface area contributed by atoms with Crippen molar-refractivity contribution in [2.24, 2.45) is 5.92 Å². The van der Waals surface area contributed by atoms with Crippen LogP contribution in [0.4, 0.5) is 17.1 Å². The molecule has 0 atom stereocenters. The molecule has 0 aliphatic rings. The Morgan fingerprint density at radius 2 is 1.78 bits per heavy atom. The van der Waals surface area contributed by atoms with Gasteiger partial charge in [0.1, 0.15) is 0 Å². The van der Waals surface area contributed by atoms with E-state index in [4.69, 9.17) is 5.73 Å². The first kappa shape index (κ1) is 29.3. The maximum Gasteiger partial charge on any atom is 0.0459 e. The topological polar surface area (TPSA) is 32.5 Å². The number of allylic oxidation sites excluding steroid dienone is 4. The number of anilines is 3. The first-order chi connectivity index (χ1) is 17.3. The molecule has 0 fully saturated rings. The standard InChI is InChI=1S/C33H49N3/c1-9-13-14-15-16-28(19-17-25(5)6)36(12-4)33-22-20-29(23-26(33)7)35(8)32(11-3)30-21-18-27(10-2)24-31(30)34/h11,16-25H,9-10,12-15,34H2,1-8H3/b19-17+,28-16+,32-11+. The second-order valence-corrected chi connectivity index (χ2v) is 9.95. The quantitative estimate of drug-likeness (QED) is 0.174. The zero-order valence-corrected chi connectivity index (χ0v) is 24.1. The molecule has 196 valence electrons.